The number of thioether (sulfide) groups is 1. The van der Waals surface area contributed by atoms with Gasteiger partial charge in [0, 0.05) is 23.7 Å². The van der Waals surface area contributed by atoms with Crippen LogP contribution in [-0.2, 0) is 11.3 Å². The highest BCUT2D eigenvalue weighted by atomic mass is 32.2. The van der Waals surface area contributed by atoms with Gasteiger partial charge < -0.3 is 15.2 Å². The SMILES string of the molecule is C=CCn1c(SCC(=O)Nc2nccs2)nnc1[C@@H](C)NC(=O)c1ccc(C)cc1. The van der Waals surface area contributed by atoms with Gasteiger partial charge in [-0.2, -0.15) is 0 Å². The van der Waals surface area contributed by atoms with E-state index < -0.39 is 0 Å². The number of allylic oxidation sites excluding steroid dienone is 1. The summed E-state index contributed by atoms with van der Waals surface area (Å²) in [4.78, 5) is 28.7. The predicted octanol–water partition coefficient (Wildman–Crippen LogP) is 3.45. The molecule has 0 saturated heterocycles. The summed E-state index contributed by atoms with van der Waals surface area (Å²) in [5.74, 6) is 0.398. The average Bonchev–Trinajstić information content (AvgIpc) is 3.37. The Balaban J connectivity index is 1.66. The molecule has 2 N–H and O–H groups in total. The first-order chi connectivity index (χ1) is 14.5. The van der Waals surface area contributed by atoms with Gasteiger partial charge >= 0.3 is 0 Å². The van der Waals surface area contributed by atoms with Crippen LogP contribution in [0.15, 0.2) is 53.7 Å². The van der Waals surface area contributed by atoms with E-state index in [0.717, 1.165) is 5.56 Å². The number of nitrogens with one attached hydrogen (secondary N) is 2. The van der Waals surface area contributed by atoms with Crippen LogP contribution < -0.4 is 10.6 Å². The van der Waals surface area contributed by atoms with Gasteiger partial charge in [0.1, 0.15) is 0 Å². The lowest BCUT2D eigenvalue weighted by molar-refractivity contribution is -0.113. The topological polar surface area (TPSA) is 102 Å². The minimum absolute atomic E-state index is 0.166. The van der Waals surface area contributed by atoms with Crippen molar-refractivity contribution in [1.29, 1.82) is 0 Å². The molecule has 2 heterocycles. The summed E-state index contributed by atoms with van der Waals surface area (Å²) < 4.78 is 1.84. The lowest BCUT2D eigenvalue weighted by Gasteiger charge is -2.15. The molecule has 0 saturated carbocycles. The Kier molecular flexibility index (Phi) is 7.36. The van der Waals surface area contributed by atoms with Crippen LogP contribution in [0.3, 0.4) is 0 Å². The number of aromatic nitrogens is 4. The van der Waals surface area contributed by atoms with Crippen molar-refractivity contribution in [3.05, 3.63) is 65.4 Å². The number of anilines is 1. The molecule has 1 atom stereocenters. The number of carbonyl (C=O) groups is 2. The van der Waals surface area contributed by atoms with Crippen LogP contribution in [0.1, 0.15) is 34.7 Å². The van der Waals surface area contributed by atoms with E-state index in [9.17, 15) is 9.59 Å². The van der Waals surface area contributed by atoms with E-state index in [4.69, 9.17) is 0 Å². The molecular weight excluding hydrogens is 420 g/mol. The van der Waals surface area contributed by atoms with E-state index in [0.29, 0.717) is 28.2 Å². The van der Waals surface area contributed by atoms with E-state index in [2.05, 4.69) is 32.4 Å². The van der Waals surface area contributed by atoms with Crippen LogP contribution >= 0.6 is 23.1 Å². The van der Waals surface area contributed by atoms with Crippen molar-refractivity contribution in [2.75, 3.05) is 11.1 Å². The van der Waals surface area contributed by atoms with E-state index in [1.165, 1.54) is 23.1 Å². The molecule has 1 aromatic carbocycles. The molecule has 0 unspecified atom stereocenters. The zero-order chi connectivity index (χ0) is 21.5. The van der Waals surface area contributed by atoms with Crippen LogP contribution in [0.5, 0.6) is 0 Å². The van der Waals surface area contributed by atoms with Crippen molar-refractivity contribution in [2.45, 2.75) is 31.6 Å². The number of carbonyl (C=O) groups excluding carboxylic acids is 2. The number of amides is 2. The Labute approximate surface area is 182 Å². The summed E-state index contributed by atoms with van der Waals surface area (Å²) in [6, 6.07) is 6.99. The molecule has 8 nitrogen and oxygen atoms in total. The number of aryl methyl sites for hydroxylation is 1. The highest BCUT2D eigenvalue weighted by Crippen LogP contribution is 2.22. The first kappa shape index (κ1) is 21.7. The fourth-order valence-corrected chi connectivity index (χ4v) is 3.95. The maximum atomic E-state index is 12.5. The Morgan fingerprint density at radius 2 is 2.07 bits per heavy atom. The monoisotopic (exact) mass is 442 g/mol. The summed E-state index contributed by atoms with van der Waals surface area (Å²) in [6.07, 6.45) is 3.35. The van der Waals surface area contributed by atoms with Gasteiger partial charge in [0.05, 0.1) is 11.8 Å². The zero-order valence-corrected chi connectivity index (χ0v) is 18.3. The summed E-state index contributed by atoms with van der Waals surface area (Å²) in [6.45, 7) is 8.06. The number of hydrogen-bond donors (Lipinski definition) is 2. The van der Waals surface area contributed by atoms with Gasteiger partial charge in [0.15, 0.2) is 16.1 Å². The smallest absolute Gasteiger partial charge is 0.251 e. The first-order valence-corrected chi connectivity index (χ1v) is 11.1. The zero-order valence-electron chi connectivity index (χ0n) is 16.7. The molecular formula is C20H22N6O2S2. The molecule has 0 bridgehead atoms. The van der Waals surface area contributed by atoms with E-state index in [1.807, 2.05) is 30.5 Å². The number of thiazole rings is 1. The predicted molar refractivity (Wildman–Crippen MR) is 119 cm³/mol. The molecule has 0 fully saturated rings. The van der Waals surface area contributed by atoms with E-state index in [1.54, 1.807) is 29.8 Å². The van der Waals surface area contributed by atoms with E-state index in [-0.39, 0.29) is 23.6 Å². The quantitative estimate of drug-likeness (QED) is 0.389. The van der Waals surface area contributed by atoms with Gasteiger partial charge in [-0.05, 0) is 26.0 Å². The van der Waals surface area contributed by atoms with Crippen LogP contribution in [0.4, 0.5) is 5.13 Å². The average molecular weight is 443 g/mol. The van der Waals surface area contributed by atoms with Gasteiger partial charge in [0.25, 0.3) is 5.91 Å². The van der Waals surface area contributed by atoms with Crippen molar-refractivity contribution in [3.8, 4) is 0 Å². The van der Waals surface area contributed by atoms with Crippen molar-refractivity contribution < 1.29 is 9.59 Å². The fraction of sp³-hybridized carbons (Fsp3) is 0.250. The second kappa shape index (κ2) is 10.2. The van der Waals surface area contributed by atoms with Gasteiger partial charge in [-0.1, -0.05) is 35.5 Å². The number of rotatable bonds is 9. The highest BCUT2D eigenvalue weighted by Gasteiger charge is 2.20. The summed E-state index contributed by atoms with van der Waals surface area (Å²) in [5, 5.41) is 17.0. The van der Waals surface area contributed by atoms with Gasteiger partial charge in [0.2, 0.25) is 5.91 Å². The number of hydrogen-bond acceptors (Lipinski definition) is 7. The van der Waals surface area contributed by atoms with Crippen LogP contribution in [0, 0.1) is 6.92 Å². The lowest BCUT2D eigenvalue weighted by atomic mass is 10.1. The summed E-state index contributed by atoms with van der Waals surface area (Å²) >= 11 is 2.62. The van der Waals surface area contributed by atoms with Crippen molar-refractivity contribution >= 4 is 40.0 Å². The van der Waals surface area contributed by atoms with Gasteiger partial charge in [-0.3, -0.25) is 9.59 Å². The third kappa shape index (κ3) is 5.55. The third-order valence-corrected chi connectivity index (χ3v) is 5.77. The Morgan fingerprint density at radius 3 is 2.73 bits per heavy atom. The van der Waals surface area contributed by atoms with Crippen LogP contribution in [-0.4, -0.2) is 37.3 Å². The van der Waals surface area contributed by atoms with Crippen molar-refractivity contribution in [1.82, 2.24) is 25.1 Å². The van der Waals surface area contributed by atoms with Gasteiger partial charge in [-0.25, -0.2) is 4.98 Å². The molecule has 3 rings (SSSR count). The largest absolute Gasteiger partial charge is 0.342 e. The second-order valence-corrected chi connectivity index (χ2v) is 8.31. The second-order valence-electron chi connectivity index (χ2n) is 6.48. The van der Waals surface area contributed by atoms with E-state index >= 15 is 0 Å². The molecule has 3 aromatic rings. The highest BCUT2D eigenvalue weighted by molar-refractivity contribution is 7.99. The fourth-order valence-electron chi connectivity index (χ4n) is 2.65. The first-order valence-electron chi connectivity index (χ1n) is 9.21. The molecule has 30 heavy (non-hydrogen) atoms. The molecule has 10 heteroatoms. The third-order valence-electron chi connectivity index (χ3n) is 4.12. The Hall–Kier alpha value is -2.98. The Bertz CT molecular complexity index is 1010. The minimum Gasteiger partial charge on any atom is -0.342 e. The molecule has 0 aliphatic heterocycles. The molecule has 0 aliphatic rings. The maximum absolute atomic E-state index is 12.5. The molecule has 0 spiro atoms. The molecule has 0 radical (unpaired) electrons. The number of benzene rings is 1. The van der Waals surface area contributed by atoms with Gasteiger partial charge in [-0.15, -0.1) is 28.1 Å². The maximum Gasteiger partial charge on any atom is 0.251 e. The normalized spacial score (nSPS) is 11.7. The van der Waals surface area contributed by atoms with Crippen LogP contribution in [0.25, 0.3) is 0 Å². The molecule has 156 valence electrons. The van der Waals surface area contributed by atoms with Crippen molar-refractivity contribution in [3.63, 3.8) is 0 Å². The standard InChI is InChI=1S/C20H22N6O2S2/c1-4-10-26-17(14(3)22-18(28)15-7-5-13(2)6-8-15)24-25-20(26)30-12-16(27)23-19-21-9-11-29-19/h4-9,11,14H,1,10,12H2,2-3H3,(H,22,28)(H,21,23,27)/t14-/m1/s1. The molecule has 0 aliphatic carbocycles. The Morgan fingerprint density at radius 1 is 1.30 bits per heavy atom. The molecule has 2 aromatic heterocycles. The lowest BCUT2D eigenvalue weighted by Crippen LogP contribution is -2.28. The molecule has 2 amide bonds. The minimum atomic E-state index is -0.371. The number of nitrogens with zero attached hydrogens (tertiary/aromatic N) is 4. The summed E-state index contributed by atoms with van der Waals surface area (Å²) in [7, 11) is 0. The summed E-state index contributed by atoms with van der Waals surface area (Å²) in [5.41, 5.74) is 1.67. The van der Waals surface area contributed by atoms with Crippen molar-refractivity contribution in [2.24, 2.45) is 0 Å². The van der Waals surface area contributed by atoms with Crippen LogP contribution in [0.2, 0.25) is 0 Å².